The minimum atomic E-state index is -4.58. The van der Waals surface area contributed by atoms with Crippen LogP contribution in [0.2, 0.25) is 5.15 Å². The lowest BCUT2D eigenvalue weighted by Crippen LogP contribution is -2.11. The molecule has 10 heteroatoms. The maximum Gasteiger partial charge on any atom is 0.435 e. The molecule has 0 bridgehead atoms. The van der Waals surface area contributed by atoms with Crippen LogP contribution in [0.5, 0.6) is 0 Å². The van der Waals surface area contributed by atoms with Crippen LogP contribution >= 0.6 is 22.9 Å². The molecule has 0 unspecified atom stereocenters. The number of thiophene rings is 1. The summed E-state index contributed by atoms with van der Waals surface area (Å²) in [5.41, 5.74) is -0.726. The molecule has 5 nitrogen and oxygen atoms in total. The zero-order valence-corrected chi connectivity index (χ0v) is 13.1. The molecular weight excluding hydrogens is 353 g/mol. The van der Waals surface area contributed by atoms with Crippen molar-refractivity contribution in [2.75, 3.05) is 5.32 Å². The third kappa shape index (κ3) is 2.89. The highest BCUT2D eigenvalue weighted by Crippen LogP contribution is 2.37. The first-order chi connectivity index (χ1) is 10.8. The minimum absolute atomic E-state index is 0.0969. The van der Waals surface area contributed by atoms with Crippen LogP contribution in [0, 0.1) is 0 Å². The SMILES string of the molecule is Cn1nc(C(F)(F)F)c2cc(C(=O)Nc3cccnc3Cl)sc21. The number of hydrogen-bond acceptors (Lipinski definition) is 4. The van der Waals surface area contributed by atoms with E-state index in [1.807, 2.05) is 0 Å². The molecule has 3 aromatic rings. The average molecular weight is 361 g/mol. The third-order valence-electron chi connectivity index (χ3n) is 3.01. The Morgan fingerprint density at radius 2 is 2.17 bits per heavy atom. The number of anilines is 1. The van der Waals surface area contributed by atoms with Gasteiger partial charge in [-0.15, -0.1) is 11.3 Å². The van der Waals surface area contributed by atoms with Crippen LogP contribution in [0.4, 0.5) is 18.9 Å². The fraction of sp³-hybridized carbons (Fsp3) is 0.154. The first-order valence-corrected chi connectivity index (χ1v) is 7.42. The van der Waals surface area contributed by atoms with Crippen LogP contribution in [0.25, 0.3) is 10.2 Å². The smallest absolute Gasteiger partial charge is 0.319 e. The summed E-state index contributed by atoms with van der Waals surface area (Å²) in [6.07, 6.45) is -3.13. The van der Waals surface area contributed by atoms with E-state index < -0.39 is 17.8 Å². The van der Waals surface area contributed by atoms with Crippen molar-refractivity contribution >= 4 is 44.7 Å². The predicted octanol–water partition coefficient (Wildman–Crippen LogP) is 3.95. The van der Waals surface area contributed by atoms with E-state index >= 15 is 0 Å². The van der Waals surface area contributed by atoms with E-state index in [2.05, 4.69) is 15.4 Å². The van der Waals surface area contributed by atoms with Gasteiger partial charge in [-0.1, -0.05) is 11.6 Å². The van der Waals surface area contributed by atoms with Crippen molar-refractivity contribution in [3.8, 4) is 0 Å². The van der Waals surface area contributed by atoms with Gasteiger partial charge in [0, 0.05) is 18.6 Å². The molecule has 0 saturated heterocycles. The Morgan fingerprint density at radius 3 is 2.83 bits per heavy atom. The maximum absolute atomic E-state index is 12.9. The van der Waals surface area contributed by atoms with Gasteiger partial charge in [0.2, 0.25) is 0 Å². The standard InChI is InChI=1S/C13H8ClF3N4OS/c1-21-12-6(9(20-21)13(15,16)17)5-8(23-12)11(22)19-7-3-2-4-18-10(7)14/h2-5H,1H3,(H,19,22). The van der Waals surface area contributed by atoms with Crippen molar-refractivity contribution in [1.82, 2.24) is 14.8 Å². The summed E-state index contributed by atoms with van der Waals surface area (Å²) >= 11 is 6.76. The first kappa shape index (κ1) is 15.8. The Labute approximate surface area is 136 Å². The van der Waals surface area contributed by atoms with Crippen molar-refractivity contribution in [2.45, 2.75) is 6.18 Å². The van der Waals surface area contributed by atoms with Gasteiger partial charge >= 0.3 is 6.18 Å². The number of carbonyl (C=O) groups is 1. The molecule has 0 aromatic carbocycles. The molecule has 0 aliphatic carbocycles. The lowest BCUT2D eigenvalue weighted by molar-refractivity contribution is -0.140. The summed E-state index contributed by atoms with van der Waals surface area (Å²) < 4.78 is 39.9. The second-order valence-corrected chi connectivity index (χ2v) is 5.98. The molecule has 0 fully saturated rings. The monoisotopic (exact) mass is 360 g/mol. The van der Waals surface area contributed by atoms with Gasteiger partial charge in [0.15, 0.2) is 10.8 Å². The number of rotatable bonds is 2. The van der Waals surface area contributed by atoms with Crippen LogP contribution in [0.15, 0.2) is 24.4 Å². The van der Waals surface area contributed by atoms with E-state index in [9.17, 15) is 18.0 Å². The van der Waals surface area contributed by atoms with Crippen molar-refractivity contribution in [3.05, 3.63) is 40.1 Å². The van der Waals surface area contributed by atoms with Gasteiger partial charge in [-0.05, 0) is 18.2 Å². The number of fused-ring (bicyclic) bond motifs is 1. The van der Waals surface area contributed by atoms with Crippen molar-refractivity contribution < 1.29 is 18.0 Å². The van der Waals surface area contributed by atoms with Gasteiger partial charge in [-0.25, -0.2) is 4.98 Å². The second-order valence-electron chi connectivity index (χ2n) is 4.60. The van der Waals surface area contributed by atoms with Gasteiger partial charge in [-0.2, -0.15) is 18.3 Å². The van der Waals surface area contributed by atoms with Gasteiger partial charge < -0.3 is 5.32 Å². The van der Waals surface area contributed by atoms with E-state index in [0.29, 0.717) is 0 Å². The average Bonchev–Trinajstić information content (AvgIpc) is 3.02. The highest BCUT2D eigenvalue weighted by atomic mass is 35.5. The van der Waals surface area contributed by atoms with Crippen LogP contribution in [-0.2, 0) is 13.2 Å². The number of aromatic nitrogens is 3. The molecule has 3 rings (SSSR count). The molecule has 0 atom stereocenters. The topological polar surface area (TPSA) is 59.8 Å². The van der Waals surface area contributed by atoms with Crippen molar-refractivity contribution in [2.24, 2.45) is 7.05 Å². The summed E-state index contributed by atoms with van der Waals surface area (Å²) in [5, 5.41) is 5.97. The Balaban J connectivity index is 1.98. The van der Waals surface area contributed by atoms with E-state index in [-0.39, 0.29) is 25.9 Å². The Hall–Kier alpha value is -2.13. The molecule has 0 aliphatic rings. The van der Waals surface area contributed by atoms with Crippen molar-refractivity contribution in [1.29, 1.82) is 0 Å². The molecule has 0 spiro atoms. The van der Waals surface area contributed by atoms with Crippen LogP contribution in [-0.4, -0.2) is 20.7 Å². The first-order valence-electron chi connectivity index (χ1n) is 6.23. The molecule has 3 aromatic heterocycles. The number of amides is 1. The summed E-state index contributed by atoms with van der Waals surface area (Å²) in [6.45, 7) is 0. The number of hydrogen-bond donors (Lipinski definition) is 1. The lowest BCUT2D eigenvalue weighted by atomic mass is 10.2. The van der Waals surface area contributed by atoms with Gasteiger partial charge in [0.1, 0.15) is 4.83 Å². The largest absolute Gasteiger partial charge is 0.435 e. The zero-order chi connectivity index (χ0) is 16.8. The number of carbonyl (C=O) groups excluding carboxylic acids is 1. The van der Waals surface area contributed by atoms with Gasteiger partial charge in [0.05, 0.1) is 10.6 Å². The molecular formula is C13H8ClF3N4OS. The molecule has 1 amide bonds. The maximum atomic E-state index is 12.9. The second kappa shape index (κ2) is 5.50. The summed E-state index contributed by atoms with van der Waals surface area (Å²) in [5.74, 6) is -0.561. The summed E-state index contributed by atoms with van der Waals surface area (Å²) in [4.78, 5) is 16.4. The molecule has 3 heterocycles. The Morgan fingerprint density at radius 1 is 1.43 bits per heavy atom. The highest BCUT2D eigenvalue weighted by Gasteiger charge is 2.37. The summed E-state index contributed by atoms with van der Waals surface area (Å²) in [6, 6.07) is 4.30. The fourth-order valence-corrected chi connectivity index (χ4v) is 3.16. The Bertz CT molecular complexity index is 902. The van der Waals surface area contributed by atoms with Crippen molar-refractivity contribution in [3.63, 3.8) is 0 Å². The molecule has 0 saturated carbocycles. The highest BCUT2D eigenvalue weighted by molar-refractivity contribution is 7.20. The normalized spacial score (nSPS) is 11.9. The molecule has 23 heavy (non-hydrogen) atoms. The fourth-order valence-electron chi connectivity index (χ4n) is 2.03. The zero-order valence-electron chi connectivity index (χ0n) is 11.5. The quantitative estimate of drug-likeness (QED) is 0.704. The van der Waals surface area contributed by atoms with Crippen LogP contribution in [0.3, 0.4) is 0 Å². The number of aryl methyl sites for hydroxylation is 1. The summed E-state index contributed by atoms with van der Waals surface area (Å²) in [7, 11) is 1.40. The third-order valence-corrected chi connectivity index (χ3v) is 4.51. The molecule has 0 aliphatic heterocycles. The number of halogens is 4. The number of alkyl halides is 3. The van der Waals surface area contributed by atoms with Gasteiger partial charge in [0.25, 0.3) is 5.91 Å². The lowest BCUT2D eigenvalue weighted by Gasteiger charge is -2.04. The van der Waals surface area contributed by atoms with E-state index in [0.717, 1.165) is 16.0 Å². The number of pyridine rings is 1. The van der Waals surface area contributed by atoms with E-state index in [1.54, 1.807) is 12.1 Å². The number of nitrogens with one attached hydrogen (secondary N) is 1. The minimum Gasteiger partial charge on any atom is -0.319 e. The van der Waals surface area contributed by atoms with Crippen LogP contribution < -0.4 is 5.32 Å². The molecule has 0 radical (unpaired) electrons. The van der Waals surface area contributed by atoms with Crippen LogP contribution in [0.1, 0.15) is 15.4 Å². The van der Waals surface area contributed by atoms with Gasteiger partial charge in [-0.3, -0.25) is 9.48 Å². The van der Waals surface area contributed by atoms with E-state index in [1.165, 1.54) is 19.3 Å². The molecule has 120 valence electrons. The Kier molecular flexibility index (Phi) is 3.77. The van der Waals surface area contributed by atoms with E-state index in [4.69, 9.17) is 11.6 Å². The molecule has 1 N–H and O–H groups in total. The predicted molar refractivity (Wildman–Crippen MR) is 80.8 cm³/mol. The number of nitrogens with zero attached hydrogens (tertiary/aromatic N) is 3.